The second-order valence-electron chi connectivity index (χ2n) is 3.44. The van der Waals surface area contributed by atoms with Gasteiger partial charge in [-0.1, -0.05) is 37.6 Å². The highest BCUT2D eigenvalue weighted by molar-refractivity contribution is 5.92. The van der Waals surface area contributed by atoms with E-state index >= 15 is 0 Å². The number of aryl methyl sites for hydroxylation is 1. The van der Waals surface area contributed by atoms with E-state index in [-0.39, 0.29) is 12.4 Å². The fraction of sp³-hybridized carbons (Fsp3) is 0.273. The first kappa shape index (κ1) is 12.7. The van der Waals surface area contributed by atoms with Crippen LogP contribution in [0, 0.1) is 0 Å². The van der Waals surface area contributed by atoms with Crippen LogP contribution in [0.5, 0.6) is 0 Å². The van der Waals surface area contributed by atoms with Crippen LogP contribution in [0.1, 0.15) is 19.0 Å². The van der Waals surface area contributed by atoms with E-state index < -0.39 is 0 Å². The number of halogens is 1. The highest BCUT2D eigenvalue weighted by Crippen LogP contribution is 2.22. The summed E-state index contributed by atoms with van der Waals surface area (Å²) in [7, 11) is 0. The zero-order chi connectivity index (χ0) is 10.7. The van der Waals surface area contributed by atoms with Gasteiger partial charge in [0, 0.05) is 10.8 Å². The van der Waals surface area contributed by atoms with Gasteiger partial charge in [0.05, 0.1) is 5.69 Å². The van der Waals surface area contributed by atoms with E-state index in [0.717, 1.165) is 29.3 Å². The molecule has 4 nitrogen and oxygen atoms in total. The molecular weight excluding hydrogens is 224 g/mol. The summed E-state index contributed by atoms with van der Waals surface area (Å²) in [4.78, 5) is 0. The number of nitrogens with zero attached hydrogens (tertiary/aromatic N) is 2. The van der Waals surface area contributed by atoms with Crippen LogP contribution >= 0.6 is 12.4 Å². The van der Waals surface area contributed by atoms with Gasteiger partial charge in [0.25, 0.3) is 0 Å². The number of benzene rings is 1. The maximum absolute atomic E-state index is 5.39. The van der Waals surface area contributed by atoms with Crippen LogP contribution in [0.25, 0.3) is 10.8 Å². The SMILES string of the molecule is CCCc1nnc(NN)c2ccccc12.Cl. The Bertz CT molecular complexity index is 472. The molecule has 0 saturated carbocycles. The zero-order valence-corrected chi connectivity index (χ0v) is 9.92. The van der Waals surface area contributed by atoms with Gasteiger partial charge in [0.15, 0.2) is 5.82 Å². The molecule has 2 aromatic rings. The molecule has 0 aliphatic carbocycles. The molecule has 0 unspecified atom stereocenters. The number of nitrogens with two attached hydrogens (primary N) is 1. The van der Waals surface area contributed by atoms with Gasteiger partial charge < -0.3 is 5.43 Å². The van der Waals surface area contributed by atoms with Crippen LogP contribution in [0.3, 0.4) is 0 Å². The van der Waals surface area contributed by atoms with Gasteiger partial charge in [-0.25, -0.2) is 5.84 Å². The summed E-state index contributed by atoms with van der Waals surface area (Å²) in [5, 5.41) is 10.4. The molecule has 0 spiro atoms. The maximum atomic E-state index is 5.39. The molecule has 1 heterocycles. The number of nitrogen functional groups attached to an aromatic ring is 1. The molecule has 1 aromatic carbocycles. The Morgan fingerprint density at radius 2 is 1.88 bits per heavy atom. The molecule has 0 fully saturated rings. The topological polar surface area (TPSA) is 63.8 Å². The van der Waals surface area contributed by atoms with Gasteiger partial charge in [0.1, 0.15) is 0 Å². The quantitative estimate of drug-likeness (QED) is 0.636. The molecule has 1 aromatic heterocycles. The summed E-state index contributed by atoms with van der Waals surface area (Å²) in [5.74, 6) is 6.02. The van der Waals surface area contributed by atoms with E-state index in [1.807, 2.05) is 18.2 Å². The molecule has 16 heavy (non-hydrogen) atoms. The van der Waals surface area contributed by atoms with Crippen molar-refractivity contribution in [1.29, 1.82) is 0 Å². The second kappa shape index (κ2) is 5.63. The van der Waals surface area contributed by atoms with Gasteiger partial charge >= 0.3 is 0 Å². The van der Waals surface area contributed by atoms with Crippen molar-refractivity contribution in [3.63, 3.8) is 0 Å². The molecule has 2 rings (SSSR count). The van der Waals surface area contributed by atoms with E-state index in [9.17, 15) is 0 Å². The highest BCUT2D eigenvalue weighted by atomic mass is 35.5. The van der Waals surface area contributed by atoms with Gasteiger partial charge in [-0.15, -0.1) is 17.5 Å². The van der Waals surface area contributed by atoms with Crippen LogP contribution in [0.15, 0.2) is 24.3 Å². The summed E-state index contributed by atoms with van der Waals surface area (Å²) in [6, 6.07) is 8.03. The molecule has 0 radical (unpaired) electrons. The predicted molar refractivity (Wildman–Crippen MR) is 68.6 cm³/mol. The number of aromatic nitrogens is 2. The largest absolute Gasteiger partial charge is 0.306 e. The minimum absolute atomic E-state index is 0. The number of anilines is 1. The number of hydrogen-bond acceptors (Lipinski definition) is 4. The van der Waals surface area contributed by atoms with Crippen LogP contribution in [-0.2, 0) is 6.42 Å². The Kier molecular flexibility index (Phi) is 4.46. The lowest BCUT2D eigenvalue weighted by Gasteiger charge is -2.07. The lowest BCUT2D eigenvalue weighted by atomic mass is 10.1. The molecule has 0 aliphatic heterocycles. The summed E-state index contributed by atoms with van der Waals surface area (Å²) >= 11 is 0. The van der Waals surface area contributed by atoms with Crippen molar-refractivity contribution in [2.45, 2.75) is 19.8 Å². The molecule has 0 amide bonds. The molecule has 3 N–H and O–H groups in total. The first-order chi connectivity index (χ1) is 7.36. The van der Waals surface area contributed by atoms with Gasteiger partial charge in [0.2, 0.25) is 0 Å². The van der Waals surface area contributed by atoms with Crippen molar-refractivity contribution in [3.8, 4) is 0 Å². The third-order valence-corrected chi connectivity index (χ3v) is 2.39. The van der Waals surface area contributed by atoms with Crippen LogP contribution < -0.4 is 11.3 Å². The van der Waals surface area contributed by atoms with E-state index in [1.165, 1.54) is 0 Å². The fourth-order valence-corrected chi connectivity index (χ4v) is 1.69. The standard InChI is InChI=1S/C11H14N4.ClH/c1-2-5-10-8-6-3-4-7-9(8)11(13-12)15-14-10;/h3-4,6-7H,2,5,12H2,1H3,(H,13,15);1H. The molecule has 0 saturated heterocycles. The average molecular weight is 239 g/mol. The van der Waals surface area contributed by atoms with Crippen molar-refractivity contribution in [2.75, 3.05) is 5.43 Å². The summed E-state index contributed by atoms with van der Waals surface area (Å²) in [5.41, 5.74) is 3.60. The average Bonchev–Trinajstić information content (AvgIpc) is 2.30. The Hall–Kier alpha value is -1.39. The molecule has 86 valence electrons. The van der Waals surface area contributed by atoms with Crippen LogP contribution in [0.4, 0.5) is 5.82 Å². The van der Waals surface area contributed by atoms with Gasteiger partial charge in [-0.05, 0) is 6.42 Å². The Morgan fingerprint density at radius 1 is 1.19 bits per heavy atom. The number of nitrogens with one attached hydrogen (secondary N) is 1. The van der Waals surface area contributed by atoms with Gasteiger partial charge in [-0.3, -0.25) is 0 Å². The number of hydrogen-bond donors (Lipinski definition) is 2. The third kappa shape index (κ3) is 2.23. The number of fused-ring (bicyclic) bond motifs is 1. The predicted octanol–water partition coefficient (Wildman–Crippen LogP) is 2.29. The summed E-state index contributed by atoms with van der Waals surface area (Å²) < 4.78 is 0. The van der Waals surface area contributed by atoms with E-state index in [4.69, 9.17) is 5.84 Å². The first-order valence-corrected chi connectivity index (χ1v) is 5.07. The lowest BCUT2D eigenvalue weighted by molar-refractivity contribution is 0.853. The lowest BCUT2D eigenvalue weighted by Crippen LogP contribution is -2.10. The van der Waals surface area contributed by atoms with Crippen molar-refractivity contribution in [3.05, 3.63) is 30.0 Å². The Labute approximate surface area is 101 Å². The van der Waals surface area contributed by atoms with Crippen molar-refractivity contribution < 1.29 is 0 Å². The molecular formula is C11H15ClN4. The van der Waals surface area contributed by atoms with E-state index in [2.05, 4.69) is 28.6 Å². The van der Waals surface area contributed by atoms with Crippen LogP contribution in [0.2, 0.25) is 0 Å². The van der Waals surface area contributed by atoms with Crippen molar-refractivity contribution >= 4 is 29.0 Å². The normalized spacial score (nSPS) is 9.88. The summed E-state index contributed by atoms with van der Waals surface area (Å²) in [6.45, 7) is 2.13. The molecule has 0 atom stereocenters. The minimum atomic E-state index is 0. The molecule has 0 aliphatic rings. The molecule has 0 bridgehead atoms. The van der Waals surface area contributed by atoms with E-state index in [1.54, 1.807) is 0 Å². The fourth-order valence-electron chi connectivity index (χ4n) is 1.69. The second-order valence-corrected chi connectivity index (χ2v) is 3.44. The van der Waals surface area contributed by atoms with Crippen LogP contribution in [-0.4, -0.2) is 10.2 Å². The Balaban J connectivity index is 0.00000128. The van der Waals surface area contributed by atoms with Gasteiger partial charge in [-0.2, -0.15) is 5.10 Å². The van der Waals surface area contributed by atoms with E-state index in [0.29, 0.717) is 5.82 Å². The third-order valence-electron chi connectivity index (χ3n) is 2.39. The molecule has 5 heteroatoms. The summed E-state index contributed by atoms with van der Waals surface area (Å²) in [6.07, 6.45) is 2.01. The minimum Gasteiger partial charge on any atom is -0.306 e. The number of rotatable bonds is 3. The highest BCUT2D eigenvalue weighted by Gasteiger charge is 2.06. The maximum Gasteiger partial charge on any atom is 0.170 e. The smallest absolute Gasteiger partial charge is 0.170 e. The Morgan fingerprint density at radius 3 is 2.50 bits per heavy atom. The first-order valence-electron chi connectivity index (χ1n) is 5.07. The van der Waals surface area contributed by atoms with Crippen molar-refractivity contribution in [2.24, 2.45) is 5.84 Å². The zero-order valence-electron chi connectivity index (χ0n) is 9.10. The number of hydrazine groups is 1. The monoisotopic (exact) mass is 238 g/mol. The van der Waals surface area contributed by atoms with Crippen molar-refractivity contribution in [1.82, 2.24) is 10.2 Å².